The average molecular weight is 246 g/mol. The zero-order valence-electron chi connectivity index (χ0n) is 11.2. The Morgan fingerprint density at radius 3 is 2.50 bits per heavy atom. The number of benzene rings is 1. The van der Waals surface area contributed by atoms with Crippen molar-refractivity contribution in [3.05, 3.63) is 34.9 Å². The van der Waals surface area contributed by atoms with Crippen LogP contribution in [0.2, 0.25) is 0 Å². The molecular weight excluding hydrogens is 224 g/mol. The van der Waals surface area contributed by atoms with Crippen molar-refractivity contribution in [1.29, 1.82) is 0 Å². The van der Waals surface area contributed by atoms with Gasteiger partial charge in [-0.15, -0.1) is 0 Å². The molecule has 3 rings (SSSR count). The van der Waals surface area contributed by atoms with Gasteiger partial charge < -0.3 is 9.47 Å². The van der Waals surface area contributed by atoms with E-state index in [0.717, 1.165) is 26.1 Å². The molecule has 0 atom stereocenters. The summed E-state index contributed by atoms with van der Waals surface area (Å²) in [7, 11) is 0. The van der Waals surface area contributed by atoms with Crippen molar-refractivity contribution < 1.29 is 9.47 Å². The third-order valence-corrected chi connectivity index (χ3v) is 4.12. The van der Waals surface area contributed by atoms with Crippen molar-refractivity contribution in [3.63, 3.8) is 0 Å². The Morgan fingerprint density at radius 1 is 1.06 bits per heavy atom. The molecule has 0 aromatic heterocycles. The molecular formula is C16H22O2. The molecule has 1 aromatic carbocycles. The smallest absolute Gasteiger partial charge is 0.194 e. The van der Waals surface area contributed by atoms with Crippen molar-refractivity contribution in [1.82, 2.24) is 0 Å². The molecule has 2 heteroatoms. The molecule has 18 heavy (non-hydrogen) atoms. The molecule has 1 heterocycles. The molecule has 0 N–H and O–H groups in total. The molecule has 1 aliphatic carbocycles. The standard InChI is InChI=1S/C16H22O2/c1-2-9-16(17-10-11-18-16)15-8-7-13-5-3-4-6-14(13)12-15/h7-8,12H,2-6,9-11H2,1H3. The first-order valence-electron chi connectivity index (χ1n) is 7.24. The molecule has 0 amide bonds. The Morgan fingerprint density at radius 2 is 1.78 bits per heavy atom. The van der Waals surface area contributed by atoms with Gasteiger partial charge in [-0.25, -0.2) is 0 Å². The summed E-state index contributed by atoms with van der Waals surface area (Å²) in [5.41, 5.74) is 4.26. The van der Waals surface area contributed by atoms with Gasteiger partial charge in [0.05, 0.1) is 13.2 Å². The lowest BCUT2D eigenvalue weighted by molar-refractivity contribution is -0.171. The fraction of sp³-hybridized carbons (Fsp3) is 0.625. The Hall–Kier alpha value is -0.860. The zero-order valence-corrected chi connectivity index (χ0v) is 11.2. The maximum absolute atomic E-state index is 5.94. The predicted octanol–water partition coefficient (Wildman–Crippen LogP) is 3.57. The van der Waals surface area contributed by atoms with E-state index in [9.17, 15) is 0 Å². The van der Waals surface area contributed by atoms with E-state index < -0.39 is 5.79 Å². The monoisotopic (exact) mass is 246 g/mol. The van der Waals surface area contributed by atoms with Gasteiger partial charge in [-0.1, -0.05) is 31.5 Å². The number of fused-ring (bicyclic) bond motifs is 1. The van der Waals surface area contributed by atoms with Crippen LogP contribution in [0.3, 0.4) is 0 Å². The molecule has 2 nitrogen and oxygen atoms in total. The van der Waals surface area contributed by atoms with E-state index in [2.05, 4.69) is 25.1 Å². The number of hydrogen-bond acceptors (Lipinski definition) is 2. The van der Waals surface area contributed by atoms with Gasteiger partial charge in [-0.05, 0) is 36.8 Å². The minimum absolute atomic E-state index is 0.457. The summed E-state index contributed by atoms with van der Waals surface area (Å²) in [6.07, 6.45) is 7.13. The maximum Gasteiger partial charge on any atom is 0.194 e. The summed E-state index contributed by atoms with van der Waals surface area (Å²) in [5, 5.41) is 0. The van der Waals surface area contributed by atoms with Crippen molar-refractivity contribution in [2.75, 3.05) is 13.2 Å². The van der Waals surface area contributed by atoms with E-state index in [1.807, 2.05) is 0 Å². The van der Waals surface area contributed by atoms with Crippen molar-refractivity contribution >= 4 is 0 Å². The van der Waals surface area contributed by atoms with Crippen LogP contribution < -0.4 is 0 Å². The number of hydrogen-bond donors (Lipinski definition) is 0. The molecule has 1 fully saturated rings. The summed E-state index contributed by atoms with van der Waals surface area (Å²) in [6.45, 7) is 3.62. The predicted molar refractivity (Wildman–Crippen MR) is 71.6 cm³/mol. The van der Waals surface area contributed by atoms with Crippen molar-refractivity contribution in [2.24, 2.45) is 0 Å². The second-order valence-electron chi connectivity index (χ2n) is 5.39. The Bertz CT molecular complexity index is 419. The summed E-state index contributed by atoms with van der Waals surface area (Å²) < 4.78 is 11.9. The maximum atomic E-state index is 5.94. The van der Waals surface area contributed by atoms with Gasteiger partial charge in [-0.3, -0.25) is 0 Å². The Kier molecular flexibility index (Phi) is 3.40. The molecule has 2 aliphatic rings. The second-order valence-corrected chi connectivity index (χ2v) is 5.39. The highest BCUT2D eigenvalue weighted by Crippen LogP contribution is 2.37. The number of ether oxygens (including phenoxy) is 2. The molecule has 0 bridgehead atoms. The van der Waals surface area contributed by atoms with Crippen LogP contribution in [-0.4, -0.2) is 13.2 Å². The van der Waals surface area contributed by atoms with Crippen LogP contribution >= 0.6 is 0 Å². The summed E-state index contributed by atoms with van der Waals surface area (Å²) in [5.74, 6) is -0.457. The highest BCUT2D eigenvalue weighted by atomic mass is 16.7. The number of aryl methyl sites for hydroxylation is 2. The Labute approximate surface area is 109 Å². The number of rotatable bonds is 3. The lowest BCUT2D eigenvalue weighted by Crippen LogP contribution is -2.27. The van der Waals surface area contributed by atoms with E-state index in [0.29, 0.717) is 0 Å². The highest BCUT2D eigenvalue weighted by molar-refractivity contribution is 5.36. The van der Waals surface area contributed by atoms with Crippen LogP contribution in [0.4, 0.5) is 0 Å². The molecule has 0 unspecified atom stereocenters. The lowest BCUT2D eigenvalue weighted by Gasteiger charge is -2.29. The van der Waals surface area contributed by atoms with Gasteiger partial charge in [-0.2, -0.15) is 0 Å². The molecule has 0 spiro atoms. The first-order valence-corrected chi connectivity index (χ1v) is 7.24. The third-order valence-electron chi connectivity index (χ3n) is 4.12. The third kappa shape index (κ3) is 2.08. The summed E-state index contributed by atoms with van der Waals surface area (Å²) in [6, 6.07) is 6.83. The van der Waals surface area contributed by atoms with Crippen LogP contribution in [0.25, 0.3) is 0 Å². The van der Waals surface area contributed by atoms with Gasteiger partial charge in [0.15, 0.2) is 5.79 Å². The quantitative estimate of drug-likeness (QED) is 0.811. The lowest BCUT2D eigenvalue weighted by atomic mass is 9.88. The van der Waals surface area contributed by atoms with E-state index in [4.69, 9.17) is 9.47 Å². The highest BCUT2D eigenvalue weighted by Gasteiger charge is 2.37. The largest absolute Gasteiger partial charge is 0.343 e. The van der Waals surface area contributed by atoms with Crippen LogP contribution in [-0.2, 0) is 28.1 Å². The normalized spacial score (nSPS) is 21.8. The van der Waals surface area contributed by atoms with Gasteiger partial charge in [0.1, 0.15) is 0 Å². The van der Waals surface area contributed by atoms with E-state index in [1.165, 1.54) is 42.4 Å². The SMILES string of the molecule is CCCC1(c2ccc3c(c2)CCCC3)OCCO1. The van der Waals surface area contributed by atoms with Gasteiger partial charge in [0.2, 0.25) is 0 Å². The van der Waals surface area contributed by atoms with Crippen LogP contribution in [0.1, 0.15) is 49.3 Å². The van der Waals surface area contributed by atoms with Gasteiger partial charge in [0.25, 0.3) is 0 Å². The van der Waals surface area contributed by atoms with Crippen molar-refractivity contribution in [3.8, 4) is 0 Å². The van der Waals surface area contributed by atoms with Crippen molar-refractivity contribution in [2.45, 2.75) is 51.2 Å². The first kappa shape index (κ1) is 12.2. The molecule has 1 saturated heterocycles. The van der Waals surface area contributed by atoms with Gasteiger partial charge >= 0.3 is 0 Å². The Balaban J connectivity index is 1.94. The molecule has 0 radical (unpaired) electrons. The molecule has 98 valence electrons. The molecule has 1 aliphatic heterocycles. The summed E-state index contributed by atoms with van der Waals surface area (Å²) >= 11 is 0. The van der Waals surface area contributed by atoms with Crippen LogP contribution in [0.15, 0.2) is 18.2 Å². The zero-order chi connectivity index (χ0) is 12.4. The second kappa shape index (κ2) is 5.02. The van der Waals surface area contributed by atoms with E-state index in [-0.39, 0.29) is 0 Å². The minimum Gasteiger partial charge on any atom is -0.343 e. The first-order chi connectivity index (χ1) is 8.84. The fourth-order valence-corrected chi connectivity index (χ4v) is 3.21. The van der Waals surface area contributed by atoms with E-state index >= 15 is 0 Å². The van der Waals surface area contributed by atoms with Crippen LogP contribution in [0, 0.1) is 0 Å². The molecule has 0 saturated carbocycles. The van der Waals surface area contributed by atoms with Crippen LogP contribution in [0.5, 0.6) is 0 Å². The minimum atomic E-state index is -0.457. The van der Waals surface area contributed by atoms with Gasteiger partial charge in [0, 0.05) is 12.0 Å². The average Bonchev–Trinajstić information content (AvgIpc) is 2.88. The topological polar surface area (TPSA) is 18.5 Å². The fourth-order valence-electron chi connectivity index (χ4n) is 3.21. The van der Waals surface area contributed by atoms with E-state index in [1.54, 1.807) is 0 Å². The molecule has 1 aromatic rings. The summed E-state index contributed by atoms with van der Waals surface area (Å²) in [4.78, 5) is 0.